The van der Waals surface area contributed by atoms with Crippen molar-refractivity contribution in [2.24, 2.45) is 0 Å². The summed E-state index contributed by atoms with van der Waals surface area (Å²) in [5.74, 6) is 0.112. The Morgan fingerprint density at radius 2 is 1.79 bits per heavy atom. The summed E-state index contributed by atoms with van der Waals surface area (Å²) in [6.45, 7) is 3.61. The van der Waals surface area contributed by atoms with Crippen LogP contribution in [0.5, 0.6) is 5.75 Å². The largest absolute Gasteiger partial charge is 0.508 e. The topological polar surface area (TPSA) is 76.0 Å². The van der Waals surface area contributed by atoms with Gasteiger partial charge in [-0.1, -0.05) is 18.2 Å². The molecular weight excluding hydrogens is 267 g/mol. The maximum Gasteiger partial charge on any atom is 0.336 e. The van der Waals surface area contributed by atoms with Gasteiger partial charge in [0, 0.05) is 0 Å². The number of rotatable bonds is 8. The highest BCUT2D eigenvalue weighted by molar-refractivity contribution is 7.54. The molecule has 0 fully saturated rings. The molecule has 6 heteroatoms. The standard InChI is InChI=1S/C13H21O5P/c1-3-17-19(16,18-4-2)12(10-14)9-11-7-5-6-8-13(11)15/h5-8,12,14-15H,3-4,9-10H2,1-2H3. The predicted molar refractivity (Wildman–Crippen MR) is 73.5 cm³/mol. The van der Waals surface area contributed by atoms with E-state index in [1.165, 1.54) is 0 Å². The fraction of sp³-hybridized carbons (Fsp3) is 0.538. The Morgan fingerprint density at radius 1 is 1.21 bits per heavy atom. The van der Waals surface area contributed by atoms with E-state index in [1.54, 1.807) is 38.1 Å². The number of aliphatic hydroxyl groups is 1. The van der Waals surface area contributed by atoms with Gasteiger partial charge >= 0.3 is 7.60 Å². The van der Waals surface area contributed by atoms with Gasteiger partial charge < -0.3 is 19.3 Å². The van der Waals surface area contributed by atoms with Gasteiger partial charge in [0.15, 0.2) is 0 Å². The fourth-order valence-electron chi connectivity index (χ4n) is 1.82. The molecule has 0 aliphatic rings. The van der Waals surface area contributed by atoms with Crippen LogP contribution in [-0.2, 0) is 20.0 Å². The fourth-order valence-corrected chi connectivity index (χ4v) is 3.66. The molecule has 0 aliphatic carbocycles. The second-order valence-corrected chi connectivity index (χ2v) is 6.37. The molecule has 0 spiro atoms. The number of phenols is 1. The normalized spacial score (nSPS) is 13.4. The van der Waals surface area contributed by atoms with Crippen LogP contribution in [0.1, 0.15) is 19.4 Å². The van der Waals surface area contributed by atoms with Crippen molar-refractivity contribution in [2.75, 3.05) is 19.8 Å². The van der Waals surface area contributed by atoms with E-state index in [0.717, 1.165) is 0 Å². The molecule has 5 nitrogen and oxygen atoms in total. The van der Waals surface area contributed by atoms with Crippen molar-refractivity contribution in [3.63, 3.8) is 0 Å². The van der Waals surface area contributed by atoms with Gasteiger partial charge in [0.05, 0.1) is 25.5 Å². The Kier molecular flexibility index (Phi) is 6.52. The highest BCUT2D eigenvalue weighted by Crippen LogP contribution is 2.54. The van der Waals surface area contributed by atoms with Crippen LogP contribution in [0.3, 0.4) is 0 Å². The van der Waals surface area contributed by atoms with Crippen LogP contribution in [-0.4, -0.2) is 35.7 Å². The number of aliphatic hydroxyl groups excluding tert-OH is 1. The van der Waals surface area contributed by atoms with Crippen molar-refractivity contribution >= 4 is 7.60 Å². The molecule has 1 atom stereocenters. The summed E-state index contributed by atoms with van der Waals surface area (Å²) in [5.41, 5.74) is -0.0677. The number of phenolic OH excluding ortho intramolecular Hbond substituents is 1. The molecule has 0 bridgehead atoms. The summed E-state index contributed by atoms with van der Waals surface area (Å²) < 4.78 is 23.0. The summed E-state index contributed by atoms with van der Waals surface area (Å²) in [4.78, 5) is 0. The maximum absolute atomic E-state index is 12.6. The Hall–Kier alpha value is -0.870. The number of hydrogen-bond acceptors (Lipinski definition) is 5. The van der Waals surface area contributed by atoms with E-state index in [9.17, 15) is 14.8 Å². The number of para-hydroxylation sites is 1. The van der Waals surface area contributed by atoms with E-state index in [1.807, 2.05) is 0 Å². The van der Waals surface area contributed by atoms with Crippen molar-refractivity contribution < 1.29 is 23.8 Å². The van der Waals surface area contributed by atoms with Crippen LogP contribution in [0.25, 0.3) is 0 Å². The molecule has 0 aliphatic heterocycles. The molecule has 1 unspecified atom stereocenters. The van der Waals surface area contributed by atoms with Gasteiger partial charge in [-0.3, -0.25) is 4.57 Å². The lowest BCUT2D eigenvalue weighted by Gasteiger charge is -2.25. The molecule has 1 aromatic rings. The zero-order valence-electron chi connectivity index (χ0n) is 11.3. The second-order valence-electron chi connectivity index (χ2n) is 4.04. The summed E-state index contributed by atoms with van der Waals surface area (Å²) in [7, 11) is -3.38. The summed E-state index contributed by atoms with van der Waals surface area (Å²) in [5, 5.41) is 19.2. The Morgan fingerprint density at radius 3 is 2.26 bits per heavy atom. The highest BCUT2D eigenvalue weighted by Gasteiger charge is 2.35. The molecule has 0 saturated heterocycles. The van der Waals surface area contributed by atoms with E-state index in [4.69, 9.17) is 9.05 Å². The van der Waals surface area contributed by atoms with Crippen LogP contribution in [0, 0.1) is 0 Å². The van der Waals surface area contributed by atoms with Crippen molar-refractivity contribution in [2.45, 2.75) is 25.9 Å². The van der Waals surface area contributed by atoms with E-state index in [0.29, 0.717) is 5.56 Å². The Labute approximate surface area is 113 Å². The van der Waals surface area contributed by atoms with Crippen LogP contribution in [0.2, 0.25) is 0 Å². The van der Waals surface area contributed by atoms with Gasteiger partial charge in [0.25, 0.3) is 0 Å². The average Bonchev–Trinajstić information content (AvgIpc) is 2.38. The highest BCUT2D eigenvalue weighted by atomic mass is 31.2. The Bertz CT molecular complexity index is 425. The predicted octanol–water partition coefficient (Wildman–Crippen LogP) is 2.56. The van der Waals surface area contributed by atoms with Crippen molar-refractivity contribution in [3.05, 3.63) is 29.8 Å². The first kappa shape index (κ1) is 16.2. The Balaban J connectivity index is 2.92. The lowest BCUT2D eigenvalue weighted by Crippen LogP contribution is -2.20. The van der Waals surface area contributed by atoms with Gasteiger partial charge in [-0.25, -0.2) is 0 Å². The number of aromatic hydroxyl groups is 1. The SMILES string of the molecule is CCOP(=O)(OCC)C(CO)Cc1ccccc1O. The van der Waals surface area contributed by atoms with Crippen LogP contribution in [0.4, 0.5) is 0 Å². The van der Waals surface area contributed by atoms with E-state index in [-0.39, 0.29) is 32.0 Å². The van der Waals surface area contributed by atoms with Crippen LogP contribution in [0.15, 0.2) is 24.3 Å². The van der Waals surface area contributed by atoms with Gasteiger partial charge in [-0.2, -0.15) is 0 Å². The molecule has 0 radical (unpaired) electrons. The molecule has 0 aromatic heterocycles. The van der Waals surface area contributed by atoms with Gasteiger partial charge in [0.1, 0.15) is 5.75 Å². The molecule has 19 heavy (non-hydrogen) atoms. The quantitative estimate of drug-likeness (QED) is 0.719. The lowest BCUT2D eigenvalue weighted by atomic mass is 10.1. The third-order valence-corrected chi connectivity index (χ3v) is 5.20. The molecule has 0 heterocycles. The van der Waals surface area contributed by atoms with E-state index in [2.05, 4.69) is 0 Å². The first-order valence-corrected chi connectivity index (χ1v) is 7.95. The van der Waals surface area contributed by atoms with Gasteiger partial charge in [-0.05, 0) is 31.9 Å². The van der Waals surface area contributed by atoms with Crippen molar-refractivity contribution in [1.82, 2.24) is 0 Å². The van der Waals surface area contributed by atoms with Crippen LogP contribution >= 0.6 is 7.60 Å². The number of benzene rings is 1. The minimum absolute atomic E-state index is 0.112. The maximum atomic E-state index is 12.6. The third kappa shape index (κ3) is 4.32. The summed E-state index contributed by atoms with van der Waals surface area (Å²) >= 11 is 0. The zero-order valence-corrected chi connectivity index (χ0v) is 12.2. The molecule has 0 saturated carbocycles. The minimum Gasteiger partial charge on any atom is -0.508 e. The van der Waals surface area contributed by atoms with Gasteiger partial charge in [0.2, 0.25) is 0 Å². The first-order chi connectivity index (χ1) is 9.07. The third-order valence-electron chi connectivity index (χ3n) is 2.72. The zero-order chi connectivity index (χ0) is 14.3. The average molecular weight is 288 g/mol. The smallest absolute Gasteiger partial charge is 0.336 e. The molecule has 1 rings (SSSR count). The molecule has 1 aromatic carbocycles. The molecule has 2 N–H and O–H groups in total. The second kappa shape index (κ2) is 7.65. The monoisotopic (exact) mass is 288 g/mol. The summed E-state index contributed by atoms with van der Waals surface area (Å²) in [6.07, 6.45) is 0.237. The number of hydrogen-bond donors (Lipinski definition) is 2. The van der Waals surface area contributed by atoms with E-state index < -0.39 is 13.3 Å². The molecule has 108 valence electrons. The molecular formula is C13H21O5P. The van der Waals surface area contributed by atoms with Crippen LogP contribution < -0.4 is 0 Å². The summed E-state index contributed by atoms with van der Waals surface area (Å²) in [6, 6.07) is 6.75. The van der Waals surface area contributed by atoms with Gasteiger partial charge in [-0.15, -0.1) is 0 Å². The first-order valence-electron chi connectivity index (χ1n) is 6.33. The van der Waals surface area contributed by atoms with E-state index >= 15 is 0 Å². The lowest BCUT2D eigenvalue weighted by molar-refractivity contribution is 0.193. The van der Waals surface area contributed by atoms with Crippen molar-refractivity contribution in [1.29, 1.82) is 0 Å². The molecule has 0 amide bonds. The van der Waals surface area contributed by atoms with Crippen molar-refractivity contribution in [3.8, 4) is 5.75 Å². The minimum atomic E-state index is -3.38.